The molecule has 0 aromatic carbocycles. The highest BCUT2D eigenvalue weighted by molar-refractivity contribution is 6.33. The number of nitrogens with zero attached hydrogens (tertiary/aromatic N) is 2. The van der Waals surface area contributed by atoms with E-state index in [1.165, 1.54) is 12.3 Å². The third kappa shape index (κ3) is 3.66. The van der Waals surface area contributed by atoms with Crippen LogP contribution in [0.4, 0.5) is 5.82 Å². The van der Waals surface area contributed by atoms with Crippen LogP contribution >= 0.6 is 11.6 Å². The van der Waals surface area contributed by atoms with E-state index < -0.39 is 0 Å². The molecule has 0 aliphatic rings. The number of carbonyl (C=O) groups excluding carboxylic acids is 1. The number of hydrogen-bond acceptors (Lipinski definition) is 4. The Morgan fingerprint density at radius 3 is 2.95 bits per heavy atom. The van der Waals surface area contributed by atoms with Gasteiger partial charge in [0.05, 0.1) is 10.6 Å². The lowest BCUT2D eigenvalue weighted by atomic mass is 10.2. The van der Waals surface area contributed by atoms with Crippen LogP contribution in [0.3, 0.4) is 0 Å². The molecule has 0 atom stereocenters. The first-order valence-electron chi connectivity index (χ1n) is 5.75. The van der Waals surface area contributed by atoms with Gasteiger partial charge >= 0.3 is 0 Å². The van der Waals surface area contributed by atoms with Gasteiger partial charge in [-0.2, -0.15) is 0 Å². The number of amides is 1. The minimum Gasteiger partial charge on any atom is -0.382 e. The highest BCUT2D eigenvalue weighted by Gasteiger charge is 2.08. The Hall–Kier alpha value is -2.14. The monoisotopic (exact) mass is 276 g/mol. The molecule has 19 heavy (non-hydrogen) atoms. The number of hydrogen-bond donors (Lipinski definition) is 2. The Balaban J connectivity index is 1.89. The number of nitrogen functional groups attached to an aromatic ring is 1. The first kappa shape index (κ1) is 13.3. The molecule has 0 saturated carbocycles. The van der Waals surface area contributed by atoms with E-state index in [0.717, 1.165) is 12.0 Å². The Bertz CT molecular complexity index is 574. The predicted molar refractivity (Wildman–Crippen MR) is 73.9 cm³/mol. The molecule has 0 bridgehead atoms. The lowest BCUT2D eigenvalue weighted by Gasteiger charge is -2.06. The molecule has 0 saturated heterocycles. The highest BCUT2D eigenvalue weighted by Crippen LogP contribution is 2.16. The molecule has 0 spiro atoms. The topological polar surface area (TPSA) is 80.9 Å². The molecule has 3 N–H and O–H groups in total. The largest absolute Gasteiger partial charge is 0.382 e. The second kappa shape index (κ2) is 6.15. The number of rotatable bonds is 4. The molecule has 5 nitrogen and oxygen atoms in total. The van der Waals surface area contributed by atoms with Crippen LogP contribution in [0.5, 0.6) is 0 Å². The van der Waals surface area contributed by atoms with Gasteiger partial charge in [-0.3, -0.25) is 9.78 Å². The summed E-state index contributed by atoms with van der Waals surface area (Å²) in [6, 6.07) is 5.32. The maximum atomic E-state index is 11.8. The van der Waals surface area contributed by atoms with Gasteiger partial charge < -0.3 is 11.1 Å². The lowest BCUT2D eigenvalue weighted by Crippen LogP contribution is -2.25. The Labute approximate surface area is 115 Å². The minimum absolute atomic E-state index is 0.216. The summed E-state index contributed by atoms with van der Waals surface area (Å²) >= 11 is 5.81. The molecule has 2 aromatic heterocycles. The summed E-state index contributed by atoms with van der Waals surface area (Å²) < 4.78 is 0. The van der Waals surface area contributed by atoms with E-state index in [0.29, 0.717) is 12.1 Å². The summed E-state index contributed by atoms with van der Waals surface area (Å²) in [4.78, 5) is 19.7. The zero-order valence-corrected chi connectivity index (χ0v) is 10.9. The van der Waals surface area contributed by atoms with Crippen molar-refractivity contribution in [2.45, 2.75) is 6.42 Å². The number of aromatic nitrogens is 2. The average molecular weight is 277 g/mol. The van der Waals surface area contributed by atoms with Gasteiger partial charge in [0.15, 0.2) is 0 Å². The smallest absolute Gasteiger partial charge is 0.252 e. The predicted octanol–water partition coefficient (Wildman–Crippen LogP) is 1.68. The Morgan fingerprint density at radius 2 is 2.26 bits per heavy atom. The fraction of sp³-hybridized carbons (Fsp3) is 0.154. The van der Waals surface area contributed by atoms with Gasteiger partial charge in [-0.15, -0.1) is 0 Å². The summed E-state index contributed by atoms with van der Waals surface area (Å²) in [6.07, 6.45) is 5.61. The van der Waals surface area contributed by atoms with Crippen LogP contribution in [-0.4, -0.2) is 22.4 Å². The summed E-state index contributed by atoms with van der Waals surface area (Å²) in [6.45, 7) is 0.520. The van der Waals surface area contributed by atoms with E-state index in [9.17, 15) is 4.79 Å². The fourth-order valence-electron chi connectivity index (χ4n) is 1.54. The molecule has 0 radical (unpaired) electrons. The van der Waals surface area contributed by atoms with Crippen molar-refractivity contribution < 1.29 is 4.79 Å². The zero-order valence-electron chi connectivity index (χ0n) is 10.1. The average Bonchev–Trinajstić information content (AvgIpc) is 2.43. The van der Waals surface area contributed by atoms with Gasteiger partial charge in [0.25, 0.3) is 5.91 Å². The summed E-state index contributed by atoms with van der Waals surface area (Å²) in [5.74, 6) is -0.00753. The molecule has 6 heteroatoms. The number of nitrogens with one attached hydrogen (secondary N) is 1. The minimum atomic E-state index is -0.224. The van der Waals surface area contributed by atoms with Gasteiger partial charge in [-0.1, -0.05) is 17.7 Å². The second-order valence-electron chi connectivity index (χ2n) is 3.96. The third-order valence-electron chi connectivity index (χ3n) is 2.55. The van der Waals surface area contributed by atoms with Gasteiger partial charge in [-0.25, -0.2) is 4.98 Å². The van der Waals surface area contributed by atoms with Gasteiger partial charge in [0.2, 0.25) is 0 Å². The lowest BCUT2D eigenvalue weighted by molar-refractivity contribution is 0.0954. The number of carbonyl (C=O) groups is 1. The number of nitrogens with two attached hydrogens (primary N) is 1. The third-order valence-corrected chi connectivity index (χ3v) is 2.86. The van der Waals surface area contributed by atoms with Crippen LogP contribution < -0.4 is 11.1 Å². The van der Waals surface area contributed by atoms with Crippen molar-refractivity contribution in [1.82, 2.24) is 15.3 Å². The molecule has 0 unspecified atom stereocenters. The Morgan fingerprint density at radius 1 is 1.42 bits per heavy atom. The van der Waals surface area contributed by atoms with E-state index in [1.54, 1.807) is 12.4 Å². The van der Waals surface area contributed by atoms with E-state index in [-0.39, 0.29) is 16.7 Å². The molecule has 2 heterocycles. The molecule has 0 aliphatic carbocycles. The van der Waals surface area contributed by atoms with Crippen molar-refractivity contribution in [3.8, 4) is 0 Å². The Kier molecular flexibility index (Phi) is 4.30. The van der Waals surface area contributed by atoms with E-state index in [1.807, 2.05) is 12.1 Å². The van der Waals surface area contributed by atoms with Crippen molar-refractivity contribution in [2.24, 2.45) is 0 Å². The van der Waals surface area contributed by atoms with Gasteiger partial charge in [-0.05, 0) is 24.1 Å². The zero-order chi connectivity index (χ0) is 13.7. The molecule has 2 rings (SSSR count). The van der Waals surface area contributed by atoms with E-state index in [2.05, 4.69) is 15.3 Å². The summed E-state index contributed by atoms with van der Waals surface area (Å²) in [5, 5.41) is 3.07. The van der Waals surface area contributed by atoms with E-state index in [4.69, 9.17) is 17.3 Å². The van der Waals surface area contributed by atoms with E-state index >= 15 is 0 Å². The van der Waals surface area contributed by atoms with Gasteiger partial charge in [0.1, 0.15) is 5.82 Å². The fourth-order valence-corrected chi connectivity index (χ4v) is 1.71. The quantitative estimate of drug-likeness (QED) is 0.890. The molecule has 98 valence electrons. The highest BCUT2D eigenvalue weighted by atomic mass is 35.5. The second-order valence-corrected chi connectivity index (χ2v) is 4.37. The number of halogens is 1. The summed E-state index contributed by atoms with van der Waals surface area (Å²) in [7, 11) is 0. The van der Waals surface area contributed by atoms with Crippen LogP contribution in [0.25, 0.3) is 0 Å². The molecule has 0 fully saturated rings. The maximum absolute atomic E-state index is 11.8. The molecule has 1 amide bonds. The standard InChI is InChI=1S/C13H13ClN4O/c14-11-6-10(8-18-12(11)15)13(19)17-5-3-9-2-1-4-16-7-9/h1-2,4,6-8H,3,5H2,(H2,15,18)(H,17,19). The summed E-state index contributed by atoms with van der Waals surface area (Å²) in [5.41, 5.74) is 6.94. The first-order valence-corrected chi connectivity index (χ1v) is 6.13. The van der Waals surface area contributed by atoms with Crippen molar-refractivity contribution in [2.75, 3.05) is 12.3 Å². The maximum Gasteiger partial charge on any atom is 0.252 e. The van der Waals surface area contributed by atoms with Crippen molar-refractivity contribution in [1.29, 1.82) is 0 Å². The SMILES string of the molecule is Nc1ncc(C(=O)NCCc2cccnc2)cc1Cl. The number of anilines is 1. The molecular weight excluding hydrogens is 264 g/mol. The van der Waals surface area contributed by atoms with Gasteiger partial charge in [0, 0.05) is 25.1 Å². The van der Waals surface area contributed by atoms with Crippen molar-refractivity contribution in [3.05, 3.63) is 52.9 Å². The number of pyridine rings is 2. The van der Waals surface area contributed by atoms with Crippen LogP contribution in [0, 0.1) is 0 Å². The van der Waals surface area contributed by atoms with Crippen LogP contribution in [0.1, 0.15) is 15.9 Å². The van der Waals surface area contributed by atoms with Crippen LogP contribution in [-0.2, 0) is 6.42 Å². The van der Waals surface area contributed by atoms with Crippen molar-refractivity contribution in [3.63, 3.8) is 0 Å². The molecule has 2 aromatic rings. The first-order chi connectivity index (χ1) is 9.16. The van der Waals surface area contributed by atoms with Crippen LogP contribution in [0.2, 0.25) is 5.02 Å². The molecular formula is C13H13ClN4O. The van der Waals surface area contributed by atoms with Crippen LogP contribution in [0.15, 0.2) is 36.8 Å². The molecule has 0 aliphatic heterocycles. The normalized spacial score (nSPS) is 10.2. The van der Waals surface area contributed by atoms with Crippen molar-refractivity contribution >= 4 is 23.3 Å².